The van der Waals surface area contributed by atoms with Crippen LogP contribution in [0.4, 0.5) is 0 Å². The lowest BCUT2D eigenvalue weighted by Gasteiger charge is -2.35. The monoisotopic (exact) mass is 506 g/mol. The first-order valence-electron chi connectivity index (χ1n) is 12.8. The molecule has 1 aliphatic heterocycles. The van der Waals surface area contributed by atoms with Gasteiger partial charge in [0.25, 0.3) is 0 Å². The molecule has 0 saturated carbocycles. The molecule has 3 aromatic rings. The summed E-state index contributed by atoms with van der Waals surface area (Å²) in [6.45, 7) is 5.64. The van der Waals surface area contributed by atoms with Gasteiger partial charge >= 0.3 is 0 Å². The molecule has 1 heterocycles. The van der Waals surface area contributed by atoms with E-state index in [9.17, 15) is 5.11 Å². The number of β-amino-alcohol motifs (C(OH)–C–C–N with tert-alkyl or cyclic N) is 1. The van der Waals surface area contributed by atoms with Gasteiger partial charge in [-0.05, 0) is 17.2 Å². The number of rotatable bonds is 12. The highest BCUT2D eigenvalue weighted by Gasteiger charge is 2.25. The van der Waals surface area contributed by atoms with Crippen LogP contribution in [0.2, 0.25) is 0 Å². The molecule has 1 N–H and O–H groups in total. The largest absolute Gasteiger partial charge is 0.496 e. The molecule has 0 amide bonds. The lowest BCUT2D eigenvalue weighted by molar-refractivity contribution is 0.0654. The fourth-order valence-electron chi connectivity index (χ4n) is 4.78. The average molecular weight is 507 g/mol. The van der Waals surface area contributed by atoms with Gasteiger partial charge in [0.15, 0.2) is 0 Å². The second-order valence-corrected chi connectivity index (χ2v) is 9.22. The molecular formula is C30H38N2O5. The quantitative estimate of drug-likeness (QED) is 0.398. The molecule has 0 bridgehead atoms. The van der Waals surface area contributed by atoms with Crippen LogP contribution in [0.25, 0.3) is 0 Å². The maximum atomic E-state index is 11.0. The summed E-state index contributed by atoms with van der Waals surface area (Å²) >= 11 is 0. The molecule has 37 heavy (non-hydrogen) atoms. The Morgan fingerprint density at radius 1 is 0.757 bits per heavy atom. The molecule has 4 rings (SSSR count). The average Bonchev–Trinajstić information content (AvgIpc) is 2.94. The van der Waals surface area contributed by atoms with E-state index in [0.717, 1.165) is 44.9 Å². The van der Waals surface area contributed by atoms with Crippen LogP contribution in [0.3, 0.4) is 0 Å². The topological polar surface area (TPSA) is 63.6 Å². The summed E-state index contributed by atoms with van der Waals surface area (Å²) < 4.78 is 22.6. The minimum Gasteiger partial charge on any atom is -0.496 e. The lowest BCUT2D eigenvalue weighted by atomic mass is 10.0. The van der Waals surface area contributed by atoms with Crippen LogP contribution in [-0.4, -0.2) is 82.1 Å². The van der Waals surface area contributed by atoms with Crippen molar-refractivity contribution >= 4 is 0 Å². The number of para-hydroxylation sites is 1. The Kier molecular flexibility index (Phi) is 9.65. The summed E-state index contributed by atoms with van der Waals surface area (Å²) in [4.78, 5) is 4.69. The van der Waals surface area contributed by atoms with E-state index in [4.69, 9.17) is 18.9 Å². The van der Waals surface area contributed by atoms with Crippen molar-refractivity contribution in [2.75, 3.05) is 67.2 Å². The normalized spacial score (nSPS) is 15.2. The van der Waals surface area contributed by atoms with E-state index < -0.39 is 6.10 Å². The summed E-state index contributed by atoms with van der Waals surface area (Å²) in [5.74, 6) is 2.71. The summed E-state index contributed by atoms with van der Waals surface area (Å²) in [7, 11) is 4.77. The Hall–Kier alpha value is -3.26. The molecule has 0 radical (unpaired) electrons. The van der Waals surface area contributed by atoms with Crippen LogP contribution in [0, 0.1) is 0 Å². The molecule has 198 valence electrons. The molecule has 1 unspecified atom stereocenters. The fraction of sp³-hybridized carbons (Fsp3) is 0.400. The predicted octanol–water partition coefficient (Wildman–Crippen LogP) is 4.03. The number of methoxy groups -OCH3 is 3. The molecule has 0 spiro atoms. The first-order chi connectivity index (χ1) is 18.1. The van der Waals surface area contributed by atoms with Gasteiger partial charge in [0, 0.05) is 57.8 Å². The van der Waals surface area contributed by atoms with Gasteiger partial charge in [-0.25, -0.2) is 0 Å². The summed E-state index contributed by atoms with van der Waals surface area (Å²) in [5.41, 5.74) is 3.13. The number of hydrogen-bond donors (Lipinski definition) is 1. The zero-order valence-electron chi connectivity index (χ0n) is 22.1. The number of aliphatic hydroxyl groups excluding tert-OH is 1. The van der Waals surface area contributed by atoms with Crippen molar-refractivity contribution in [1.29, 1.82) is 0 Å². The first kappa shape index (κ1) is 26.8. The smallest absolute Gasteiger partial charge is 0.132 e. The van der Waals surface area contributed by atoms with E-state index in [0.29, 0.717) is 36.0 Å². The fourth-order valence-corrected chi connectivity index (χ4v) is 4.78. The maximum Gasteiger partial charge on any atom is 0.132 e. The van der Waals surface area contributed by atoms with Gasteiger partial charge in [-0.3, -0.25) is 9.80 Å². The van der Waals surface area contributed by atoms with Crippen molar-refractivity contribution in [2.24, 2.45) is 0 Å². The number of piperazine rings is 1. The Morgan fingerprint density at radius 2 is 1.38 bits per heavy atom. The summed E-state index contributed by atoms with van der Waals surface area (Å²) in [6, 6.07) is 22.3. The Balaban J connectivity index is 1.26. The molecule has 7 nitrogen and oxygen atoms in total. The second-order valence-electron chi connectivity index (χ2n) is 9.22. The Bertz CT molecular complexity index is 1090. The molecular weight excluding hydrogens is 468 g/mol. The van der Waals surface area contributed by atoms with Gasteiger partial charge in [-0.2, -0.15) is 0 Å². The molecule has 3 aromatic carbocycles. The van der Waals surface area contributed by atoms with Crippen LogP contribution in [0.15, 0.2) is 66.7 Å². The number of benzene rings is 3. The van der Waals surface area contributed by atoms with Gasteiger partial charge in [-0.15, -0.1) is 0 Å². The SMILES string of the molecule is COc1cc(OC)c(C(O)CN2CCN(CCOc3ccccc3Cc3ccccc3)CC2)c(OC)c1. The van der Waals surface area contributed by atoms with E-state index >= 15 is 0 Å². The molecule has 1 atom stereocenters. The standard InChI is InChI=1S/C30H38N2O5/c1-34-25-20-28(35-2)30(29(21-25)36-3)26(33)22-32-15-13-31(14-16-32)17-18-37-27-12-8-7-11-24(27)19-23-9-5-4-6-10-23/h4-12,20-21,26,33H,13-19,22H2,1-3H3. The van der Waals surface area contributed by atoms with Crippen molar-refractivity contribution in [2.45, 2.75) is 12.5 Å². The third-order valence-corrected chi connectivity index (χ3v) is 6.86. The van der Waals surface area contributed by atoms with Crippen molar-refractivity contribution in [3.63, 3.8) is 0 Å². The third-order valence-electron chi connectivity index (χ3n) is 6.86. The zero-order valence-corrected chi connectivity index (χ0v) is 22.1. The van der Waals surface area contributed by atoms with Gasteiger partial charge in [0.2, 0.25) is 0 Å². The number of nitrogens with zero attached hydrogens (tertiary/aromatic N) is 2. The van der Waals surface area contributed by atoms with Crippen molar-refractivity contribution in [1.82, 2.24) is 9.80 Å². The first-order valence-corrected chi connectivity index (χ1v) is 12.8. The van der Waals surface area contributed by atoms with Gasteiger partial charge in [0.1, 0.15) is 29.6 Å². The van der Waals surface area contributed by atoms with Crippen LogP contribution in [0.1, 0.15) is 22.8 Å². The van der Waals surface area contributed by atoms with E-state index in [1.165, 1.54) is 11.1 Å². The maximum absolute atomic E-state index is 11.0. The van der Waals surface area contributed by atoms with Gasteiger partial charge in [-0.1, -0.05) is 48.5 Å². The predicted molar refractivity (Wildman–Crippen MR) is 145 cm³/mol. The van der Waals surface area contributed by atoms with Crippen LogP contribution in [0.5, 0.6) is 23.0 Å². The molecule has 0 aliphatic carbocycles. The molecule has 0 aromatic heterocycles. The van der Waals surface area contributed by atoms with Gasteiger partial charge < -0.3 is 24.1 Å². The lowest BCUT2D eigenvalue weighted by Crippen LogP contribution is -2.48. The Morgan fingerprint density at radius 3 is 2.03 bits per heavy atom. The highest BCUT2D eigenvalue weighted by molar-refractivity contribution is 5.52. The summed E-state index contributed by atoms with van der Waals surface area (Å²) in [5, 5.41) is 11.0. The highest BCUT2D eigenvalue weighted by Crippen LogP contribution is 2.38. The second kappa shape index (κ2) is 13.3. The Labute approximate surface area is 220 Å². The van der Waals surface area contributed by atoms with E-state index in [-0.39, 0.29) is 0 Å². The van der Waals surface area contributed by atoms with E-state index in [1.54, 1.807) is 33.5 Å². The summed E-state index contributed by atoms with van der Waals surface area (Å²) in [6.07, 6.45) is 0.133. The van der Waals surface area contributed by atoms with Crippen molar-refractivity contribution in [3.05, 3.63) is 83.4 Å². The molecule has 1 aliphatic rings. The highest BCUT2D eigenvalue weighted by atomic mass is 16.5. The molecule has 1 saturated heterocycles. The van der Waals surface area contributed by atoms with Crippen molar-refractivity contribution in [3.8, 4) is 23.0 Å². The minimum atomic E-state index is -0.730. The van der Waals surface area contributed by atoms with Gasteiger partial charge in [0.05, 0.1) is 33.0 Å². The third kappa shape index (κ3) is 7.16. The van der Waals surface area contributed by atoms with E-state index in [2.05, 4.69) is 52.3 Å². The molecule has 7 heteroatoms. The number of ether oxygens (including phenoxy) is 4. The minimum absolute atomic E-state index is 0.510. The van der Waals surface area contributed by atoms with Crippen LogP contribution < -0.4 is 18.9 Å². The number of hydrogen-bond acceptors (Lipinski definition) is 7. The van der Waals surface area contributed by atoms with Crippen LogP contribution in [-0.2, 0) is 6.42 Å². The van der Waals surface area contributed by atoms with Crippen LogP contribution >= 0.6 is 0 Å². The zero-order chi connectivity index (χ0) is 26.0. The molecule has 1 fully saturated rings. The number of aliphatic hydroxyl groups is 1. The van der Waals surface area contributed by atoms with E-state index in [1.807, 2.05) is 12.1 Å². The van der Waals surface area contributed by atoms with Crippen molar-refractivity contribution < 1.29 is 24.1 Å².